The van der Waals surface area contributed by atoms with Crippen LogP contribution in [0.3, 0.4) is 0 Å². The van der Waals surface area contributed by atoms with Gasteiger partial charge in [0, 0.05) is 19.4 Å². The molecule has 0 aliphatic rings. The number of allylic oxidation sites excluding steroid dienone is 8. The lowest BCUT2D eigenvalue weighted by atomic mass is 10.0. The number of aliphatic hydroxyl groups is 1. The summed E-state index contributed by atoms with van der Waals surface area (Å²) in [5.74, 6) is -0.532. The smallest absolute Gasteiger partial charge is 0.463 e. The van der Waals surface area contributed by atoms with Crippen molar-refractivity contribution in [2.45, 2.75) is 206 Å². The molecule has 10 heteroatoms. The summed E-state index contributed by atoms with van der Waals surface area (Å²) in [4.78, 5) is 33.9. The molecule has 0 rings (SSSR count). The van der Waals surface area contributed by atoms with Gasteiger partial charge < -0.3 is 20.1 Å². The Morgan fingerprint density at radius 2 is 0.964 bits per heavy atom. The second-order valence-electron chi connectivity index (χ2n) is 15.0. The molecule has 0 aliphatic carbocycles. The number of carbonyl (C=O) groups is 2. The van der Waals surface area contributed by atoms with Gasteiger partial charge in [0.2, 0.25) is 5.91 Å². The first-order valence-corrected chi connectivity index (χ1v) is 24.1. The number of rotatable bonds is 42. The van der Waals surface area contributed by atoms with E-state index >= 15 is 0 Å². The van der Waals surface area contributed by atoms with Crippen LogP contribution in [-0.2, 0) is 27.9 Å². The van der Waals surface area contributed by atoms with Crippen LogP contribution in [0.2, 0.25) is 0 Å². The Morgan fingerprint density at radius 3 is 1.48 bits per heavy atom. The third-order valence-electron chi connectivity index (χ3n) is 9.51. The van der Waals surface area contributed by atoms with E-state index in [0.29, 0.717) is 6.42 Å². The van der Waals surface area contributed by atoms with Gasteiger partial charge in [-0.25, -0.2) is 4.57 Å². The van der Waals surface area contributed by atoms with Crippen molar-refractivity contribution in [3.8, 4) is 0 Å². The van der Waals surface area contributed by atoms with Gasteiger partial charge in [-0.3, -0.25) is 18.6 Å². The zero-order valence-corrected chi connectivity index (χ0v) is 36.7. The Morgan fingerprint density at radius 1 is 0.554 bits per heavy atom. The highest BCUT2D eigenvalue weighted by atomic mass is 31.2. The molecule has 2 atom stereocenters. The maximum absolute atomic E-state index is 12.1. The first-order valence-electron chi connectivity index (χ1n) is 22.6. The van der Waals surface area contributed by atoms with Gasteiger partial charge in [0.15, 0.2) is 0 Å². The number of aliphatic hydroxyl groups excluding tert-OH is 1. The number of amides is 1. The van der Waals surface area contributed by atoms with Gasteiger partial charge >= 0.3 is 13.8 Å². The second kappa shape index (κ2) is 42.6. The van der Waals surface area contributed by atoms with Crippen molar-refractivity contribution >= 4 is 19.7 Å². The van der Waals surface area contributed by atoms with Crippen LogP contribution in [0.5, 0.6) is 0 Å². The van der Waals surface area contributed by atoms with Crippen LogP contribution < -0.4 is 5.32 Å². The third-order valence-corrected chi connectivity index (χ3v) is 10.5. The largest absolute Gasteiger partial charge is 0.472 e. The molecule has 0 radical (unpaired) electrons. The molecule has 2 unspecified atom stereocenters. The molecule has 0 saturated heterocycles. The number of phosphoric ester groups is 1. The summed E-state index contributed by atoms with van der Waals surface area (Å²) >= 11 is 0. The zero-order valence-electron chi connectivity index (χ0n) is 35.8. The SMILES string of the molecule is CCCCC/C=C\C/C=C\C/C=C\C/C=C\CCCCCCCC(=O)NCCOP(=O)(O)OCC(O)COC(=O)CCCCCCCCCCCCCCCC. The number of unbranched alkanes of at least 4 members (excludes halogenated alkanes) is 21. The molecule has 0 fully saturated rings. The Bertz CT molecular complexity index is 1060. The van der Waals surface area contributed by atoms with Crippen molar-refractivity contribution in [1.29, 1.82) is 0 Å². The summed E-state index contributed by atoms with van der Waals surface area (Å²) in [5, 5.41) is 12.7. The fourth-order valence-corrected chi connectivity index (χ4v) is 6.83. The molecule has 9 nitrogen and oxygen atoms in total. The standard InChI is InChI=1S/C46H84NO8P/c1-3-5-7-9-11-13-15-17-19-20-21-22-23-24-25-26-28-30-32-34-36-38-45(49)47-40-41-54-56(51,52)55-43-44(48)42-53-46(50)39-37-35-33-31-29-27-18-16-14-12-10-8-6-4-2/h11,13,17,19,21-22,24-25,44,48H,3-10,12,14-16,18,20,23,26-43H2,1-2H3,(H,47,49)(H,51,52)/b13-11-,19-17-,22-21-,25-24-. The predicted octanol–water partition coefficient (Wildman–Crippen LogP) is 12.7. The fraction of sp³-hybridized carbons (Fsp3) is 0.783. The van der Waals surface area contributed by atoms with Gasteiger partial charge in [-0.1, -0.05) is 178 Å². The maximum atomic E-state index is 12.1. The average molecular weight is 810 g/mol. The molecule has 1 amide bonds. The number of carbonyl (C=O) groups excluding carboxylic acids is 2. The van der Waals surface area contributed by atoms with Gasteiger partial charge in [-0.15, -0.1) is 0 Å². The molecule has 0 aliphatic heterocycles. The quantitative estimate of drug-likeness (QED) is 0.0240. The summed E-state index contributed by atoms with van der Waals surface area (Å²) in [6.07, 6.45) is 48.9. The van der Waals surface area contributed by atoms with E-state index < -0.39 is 26.5 Å². The van der Waals surface area contributed by atoms with Gasteiger partial charge in [-0.2, -0.15) is 0 Å². The summed E-state index contributed by atoms with van der Waals surface area (Å²) in [6.45, 7) is 3.51. The van der Waals surface area contributed by atoms with Crippen molar-refractivity contribution < 1.29 is 37.9 Å². The molecule has 0 spiro atoms. The summed E-state index contributed by atoms with van der Waals surface area (Å²) < 4.78 is 26.9. The Hall–Kier alpha value is -2.03. The molecule has 0 aromatic heterocycles. The first kappa shape index (κ1) is 54.0. The predicted molar refractivity (Wildman–Crippen MR) is 234 cm³/mol. The minimum atomic E-state index is -4.42. The molecule has 56 heavy (non-hydrogen) atoms. The van der Waals surface area contributed by atoms with Gasteiger partial charge in [0.25, 0.3) is 0 Å². The minimum absolute atomic E-state index is 0.0707. The van der Waals surface area contributed by atoms with E-state index in [1.807, 2.05) is 0 Å². The molecule has 3 N–H and O–H groups in total. The van der Waals surface area contributed by atoms with Gasteiger partial charge in [-0.05, 0) is 57.8 Å². The lowest BCUT2D eigenvalue weighted by Gasteiger charge is -2.15. The van der Waals surface area contributed by atoms with Crippen molar-refractivity contribution in [1.82, 2.24) is 5.32 Å². The Balaban J connectivity index is 3.63. The van der Waals surface area contributed by atoms with E-state index in [0.717, 1.165) is 77.0 Å². The Labute approximate surface area is 343 Å². The summed E-state index contributed by atoms with van der Waals surface area (Å²) in [7, 11) is -4.42. The molecule has 0 saturated carbocycles. The van der Waals surface area contributed by atoms with E-state index in [-0.39, 0.29) is 32.1 Å². The first-order chi connectivity index (χ1) is 27.3. The molecule has 0 aromatic rings. The molecular weight excluding hydrogens is 725 g/mol. The number of hydrogen-bond donors (Lipinski definition) is 3. The topological polar surface area (TPSA) is 131 Å². The lowest BCUT2D eigenvalue weighted by molar-refractivity contribution is -0.147. The van der Waals surface area contributed by atoms with Crippen LogP contribution >= 0.6 is 7.82 Å². The summed E-state index contributed by atoms with van der Waals surface area (Å²) in [6, 6.07) is 0. The van der Waals surface area contributed by atoms with Crippen LogP contribution in [0.25, 0.3) is 0 Å². The molecular formula is C46H84NO8P. The van der Waals surface area contributed by atoms with Crippen molar-refractivity contribution in [2.75, 3.05) is 26.4 Å². The maximum Gasteiger partial charge on any atom is 0.472 e. The lowest BCUT2D eigenvalue weighted by Crippen LogP contribution is -2.27. The molecule has 326 valence electrons. The van der Waals surface area contributed by atoms with E-state index in [4.69, 9.17) is 13.8 Å². The highest BCUT2D eigenvalue weighted by Gasteiger charge is 2.23. The number of nitrogens with one attached hydrogen (secondary N) is 1. The van der Waals surface area contributed by atoms with Crippen LogP contribution in [0, 0.1) is 0 Å². The second-order valence-corrected chi connectivity index (χ2v) is 16.5. The van der Waals surface area contributed by atoms with Crippen LogP contribution in [-0.4, -0.2) is 54.3 Å². The van der Waals surface area contributed by atoms with Crippen molar-refractivity contribution in [3.05, 3.63) is 48.6 Å². The summed E-state index contributed by atoms with van der Waals surface area (Å²) in [5.41, 5.74) is 0. The van der Waals surface area contributed by atoms with Crippen LogP contribution in [0.1, 0.15) is 200 Å². The van der Waals surface area contributed by atoms with Crippen molar-refractivity contribution in [2.24, 2.45) is 0 Å². The molecule has 0 aromatic carbocycles. The van der Waals surface area contributed by atoms with E-state index in [2.05, 4.69) is 67.8 Å². The Kier molecular flexibility index (Phi) is 41.0. The minimum Gasteiger partial charge on any atom is -0.463 e. The average Bonchev–Trinajstić information content (AvgIpc) is 3.18. The zero-order chi connectivity index (χ0) is 41.1. The van der Waals surface area contributed by atoms with Gasteiger partial charge in [0.1, 0.15) is 12.7 Å². The van der Waals surface area contributed by atoms with E-state index in [1.165, 1.54) is 96.3 Å². The van der Waals surface area contributed by atoms with Gasteiger partial charge in [0.05, 0.1) is 13.2 Å². The number of esters is 1. The third kappa shape index (κ3) is 43.1. The normalized spacial score (nSPS) is 13.7. The van der Waals surface area contributed by atoms with E-state index in [1.54, 1.807) is 0 Å². The van der Waals surface area contributed by atoms with Crippen LogP contribution in [0.15, 0.2) is 48.6 Å². The van der Waals surface area contributed by atoms with Crippen LogP contribution in [0.4, 0.5) is 0 Å². The number of phosphoric acid groups is 1. The molecule has 0 heterocycles. The highest BCUT2D eigenvalue weighted by Crippen LogP contribution is 2.42. The van der Waals surface area contributed by atoms with Crippen molar-refractivity contribution in [3.63, 3.8) is 0 Å². The number of ether oxygens (including phenoxy) is 1. The monoisotopic (exact) mass is 810 g/mol. The highest BCUT2D eigenvalue weighted by molar-refractivity contribution is 7.47. The van der Waals surface area contributed by atoms with E-state index in [9.17, 15) is 24.2 Å². The number of hydrogen-bond acceptors (Lipinski definition) is 7. The molecule has 0 bridgehead atoms. The fourth-order valence-electron chi connectivity index (χ4n) is 6.07.